The van der Waals surface area contributed by atoms with Gasteiger partial charge < -0.3 is 5.11 Å². The first-order valence-electron chi connectivity index (χ1n) is 4.90. The van der Waals surface area contributed by atoms with Gasteiger partial charge in [0.15, 0.2) is 0 Å². The van der Waals surface area contributed by atoms with Crippen LogP contribution >= 0.6 is 0 Å². The molecule has 0 aliphatic carbocycles. The molecule has 80 valence electrons. The van der Waals surface area contributed by atoms with Gasteiger partial charge in [-0.05, 0) is 18.9 Å². The number of aliphatic carboxylic acids is 1. The Morgan fingerprint density at radius 1 is 1.27 bits per heavy atom. The van der Waals surface area contributed by atoms with Gasteiger partial charge in [0.1, 0.15) is 0 Å². The fourth-order valence-corrected chi connectivity index (χ4v) is 1.52. The van der Waals surface area contributed by atoms with Crippen LogP contribution in [0.5, 0.6) is 0 Å². The minimum atomic E-state index is -1.36. The zero-order chi connectivity index (χ0) is 11.4. The third kappa shape index (κ3) is 2.65. The normalized spacial score (nSPS) is 12.1. The number of rotatable bonds is 4. The van der Waals surface area contributed by atoms with Crippen LogP contribution in [0.4, 0.5) is 0 Å². The first kappa shape index (κ1) is 11.4. The van der Waals surface area contributed by atoms with Crippen molar-refractivity contribution >= 4 is 11.8 Å². The predicted octanol–water partition coefficient (Wildman–Crippen LogP) is 2.14. The van der Waals surface area contributed by atoms with Gasteiger partial charge in [-0.1, -0.05) is 36.8 Å². The number of hydrogen-bond donors (Lipinski definition) is 1. The van der Waals surface area contributed by atoms with E-state index in [9.17, 15) is 9.59 Å². The summed E-state index contributed by atoms with van der Waals surface area (Å²) < 4.78 is 0. The zero-order valence-corrected chi connectivity index (χ0v) is 8.86. The Bertz CT molecular complexity index is 365. The number of aryl methyl sites for hydroxylation is 1. The third-order valence-corrected chi connectivity index (χ3v) is 2.42. The number of carbonyl (C=O) groups is 2. The van der Waals surface area contributed by atoms with Crippen molar-refractivity contribution in [3.8, 4) is 0 Å². The zero-order valence-electron chi connectivity index (χ0n) is 8.86. The number of benzene rings is 1. The molecule has 0 aromatic heterocycles. The fraction of sp³-hybridized carbons (Fsp3) is 0.333. The number of ketones is 1. The molecular weight excluding hydrogens is 192 g/mol. The van der Waals surface area contributed by atoms with Crippen LogP contribution in [-0.2, 0) is 9.59 Å². The molecule has 1 atom stereocenters. The summed E-state index contributed by atoms with van der Waals surface area (Å²) in [5.41, 5.74) is 1.87. The van der Waals surface area contributed by atoms with E-state index in [0.29, 0.717) is 6.42 Å². The summed E-state index contributed by atoms with van der Waals surface area (Å²) in [7, 11) is 0. The average molecular weight is 206 g/mol. The number of carbonyl (C=O) groups excluding carboxylic acids is 1. The molecule has 0 heterocycles. The Balaban J connectivity index is 2.97. The number of carboxylic acid groups (broad SMARTS) is 1. The van der Waals surface area contributed by atoms with E-state index in [1.807, 2.05) is 38.1 Å². The minimum Gasteiger partial charge on any atom is -0.475 e. The summed E-state index contributed by atoms with van der Waals surface area (Å²) in [6, 6.07) is 7.38. The average Bonchev–Trinajstić information content (AvgIpc) is 2.21. The topological polar surface area (TPSA) is 54.4 Å². The first-order valence-corrected chi connectivity index (χ1v) is 4.90. The van der Waals surface area contributed by atoms with Gasteiger partial charge in [0.25, 0.3) is 0 Å². The summed E-state index contributed by atoms with van der Waals surface area (Å²) in [5, 5.41) is 8.65. The molecule has 3 nitrogen and oxygen atoms in total. The molecule has 1 aromatic carbocycles. The Morgan fingerprint density at radius 3 is 2.20 bits per heavy atom. The quantitative estimate of drug-likeness (QED) is 0.768. The Hall–Kier alpha value is -1.64. The van der Waals surface area contributed by atoms with Crippen LogP contribution in [0.1, 0.15) is 30.4 Å². The van der Waals surface area contributed by atoms with Crippen LogP contribution in [0, 0.1) is 6.92 Å². The second-order valence-electron chi connectivity index (χ2n) is 3.54. The molecule has 1 aromatic rings. The highest BCUT2D eigenvalue weighted by molar-refractivity contribution is 6.34. The Kier molecular flexibility index (Phi) is 3.61. The van der Waals surface area contributed by atoms with E-state index >= 15 is 0 Å². The number of hydrogen-bond acceptors (Lipinski definition) is 2. The van der Waals surface area contributed by atoms with Crippen LogP contribution < -0.4 is 0 Å². The van der Waals surface area contributed by atoms with Crippen molar-refractivity contribution in [3.05, 3.63) is 35.4 Å². The van der Waals surface area contributed by atoms with Crippen molar-refractivity contribution in [1.82, 2.24) is 0 Å². The van der Waals surface area contributed by atoms with E-state index in [1.54, 1.807) is 0 Å². The Morgan fingerprint density at radius 2 is 1.80 bits per heavy atom. The number of carboxylic acids is 1. The predicted molar refractivity (Wildman–Crippen MR) is 56.9 cm³/mol. The van der Waals surface area contributed by atoms with Crippen LogP contribution in [0.15, 0.2) is 24.3 Å². The molecule has 3 heteroatoms. The molecule has 0 spiro atoms. The van der Waals surface area contributed by atoms with E-state index in [-0.39, 0.29) is 0 Å². The van der Waals surface area contributed by atoms with Crippen molar-refractivity contribution in [3.63, 3.8) is 0 Å². The molecule has 15 heavy (non-hydrogen) atoms. The summed E-state index contributed by atoms with van der Waals surface area (Å²) in [5.74, 6) is -2.62. The molecule has 0 amide bonds. The monoisotopic (exact) mass is 206 g/mol. The van der Waals surface area contributed by atoms with Crippen LogP contribution in [0.3, 0.4) is 0 Å². The van der Waals surface area contributed by atoms with Crippen molar-refractivity contribution in [2.24, 2.45) is 0 Å². The van der Waals surface area contributed by atoms with Crippen molar-refractivity contribution in [1.29, 1.82) is 0 Å². The van der Waals surface area contributed by atoms with E-state index in [1.165, 1.54) is 0 Å². The van der Waals surface area contributed by atoms with Gasteiger partial charge >= 0.3 is 5.97 Å². The van der Waals surface area contributed by atoms with Crippen LogP contribution in [0.25, 0.3) is 0 Å². The summed E-state index contributed by atoms with van der Waals surface area (Å²) >= 11 is 0. The smallest absolute Gasteiger partial charge is 0.372 e. The molecule has 0 aliphatic heterocycles. The maximum absolute atomic E-state index is 11.4. The van der Waals surface area contributed by atoms with Gasteiger partial charge in [0.05, 0.1) is 5.92 Å². The molecule has 0 fully saturated rings. The van der Waals surface area contributed by atoms with Crippen molar-refractivity contribution < 1.29 is 14.7 Å². The van der Waals surface area contributed by atoms with Crippen LogP contribution in [0.2, 0.25) is 0 Å². The summed E-state index contributed by atoms with van der Waals surface area (Å²) in [4.78, 5) is 22.0. The van der Waals surface area contributed by atoms with Gasteiger partial charge in [-0.15, -0.1) is 0 Å². The highest BCUT2D eigenvalue weighted by Crippen LogP contribution is 2.20. The highest BCUT2D eigenvalue weighted by Gasteiger charge is 2.24. The lowest BCUT2D eigenvalue weighted by Gasteiger charge is -2.11. The van der Waals surface area contributed by atoms with Gasteiger partial charge in [-0.3, -0.25) is 4.79 Å². The van der Waals surface area contributed by atoms with Crippen LogP contribution in [-0.4, -0.2) is 16.9 Å². The SMILES string of the molecule is CCC(C(=O)C(=O)O)c1ccc(C)cc1. The van der Waals surface area contributed by atoms with Crippen molar-refractivity contribution in [2.75, 3.05) is 0 Å². The minimum absolute atomic E-state index is 0.508. The lowest BCUT2D eigenvalue weighted by Crippen LogP contribution is -2.21. The van der Waals surface area contributed by atoms with Gasteiger partial charge in [0, 0.05) is 0 Å². The van der Waals surface area contributed by atoms with E-state index in [4.69, 9.17) is 5.11 Å². The molecule has 0 saturated carbocycles. The molecule has 0 radical (unpaired) electrons. The maximum atomic E-state index is 11.4. The standard InChI is InChI=1S/C12H14O3/c1-3-10(11(13)12(14)15)9-6-4-8(2)5-7-9/h4-7,10H,3H2,1-2H3,(H,14,15). The van der Waals surface area contributed by atoms with E-state index in [2.05, 4.69) is 0 Å². The van der Waals surface area contributed by atoms with Crippen molar-refractivity contribution in [2.45, 2.75) is 26.2 Å². The Labute approximate surface area is 88.7 Å². The lowest BCUT2D eigenvalue weighted by atomic mass is 9.92. The van der Waals surface area contributed by atoms with E-state index < -0.39 is 17.7 Å². The molecule has 1 rings (SSSR count). The molecule has 1 N–H and O–H groups in total. The second kappa shape index (κ2) is 4.73. The first-order chi connectivity index (χ1) is 7.06. The summed E-state index contributed by atoms with van der Waals surface area (Å²) in [6.07, 6.45) is 0.508. The largest absolute Gasteiger partial charge is 0.475 e. The highest BCUT2D eigenvalue weighted by atomic mass is 16.4. The van der Waals surface area contributed by atoms with E-state index in [0.717, 1.165) is 11.1 Å². The maximum Gasteiger partial charge on any atom is 0.372 e. The molecular formula is C12H14O3. The number of Topliss-reactive ketones (excluding diaryl/α,β-unsaturated/α-hetero) is 1. The second-order valence-corrected chi connectivity index (χ2v) is 3.54. The molecule has 1 unspecified atom stereocenters. The molecule has 0 aliphatic rings. The van der Waals surface area contributed by atoms with Gasteiger partial charge in [0.2, 0.25) is 5.78 Å². The fourth-order valence-electron chi connectivity index (χ4n) is 1.52. The van der Waals surface area contributed by atoms with Gasteiger partial charge in [-0.2, -0.15) is 0 Å². The van der Waals surface area contributed by atoms with Gasteiger partial charge in [-0.25, -0.2) is 4.79 Å². The third-order valence-electron chi connectivity index (χ3n) is 2.42. The molecule has 0 saturated heterocycles. The summed E-state index contributed by atoms with van der Waals surface area (Å²) in [6.45, 7) is 3.76. The molecule has 0 bridgehead atoms. The lowest BCUT2D eigenvalue weighted by molar-refractivity contribution is -0.149.